The maximum absolute atomic E-state index is 13.0. The lowest BCUT2D eigenvalue weighted by Gasteiger charge is -2.18. The number of nitrogens with zero attached hydrogens (tertiary/aromatic N) is 1. The van der Waals surface area contributed by atoms with E-state index in [0.717, 1.165) is 37.1 Å². The molecule has 1 aliphatic heterocycles. The summed E-state index contributed by atoms with van der Waals surface area (Å²) in [6.45, 7) is 2.87. The summed E-state index contributed by atoms with van der Waals surface area (Å²) in [4.78, 5) is 14.9. The molecular weight excluding hydrogens is 302 g/mol. The molecule has 1 heterocycles. The number of carbonyl (C=O) groups excluding carboxylic acids is 1. The number of carbonyl (C=O) groups is 1. The summed E-state index contributed by atoms with van der Waals surface area (Å²) in [6, 6.07) is 13.0. The van der Waals surface area contributed by atoms with Crippen LogP contribution in [-0.2, 0) is 4.79 Å². The second kappa shape index (κ2) is 6.95. The number of ether oxygens (including phenoxy) is 1. The minimum atomic E-state index is -0.450. The Morgan fingerprint density at radius 1 is 1.12 bits per heavy atom. The highest BCUT2D eigenvalue weighted by Gasteiger charge is 2.38. The largest absolute Gasteiger partial charge is 0.507 e. The van der Waals surface area contributed by atoms with E-state index in [1.165, 1.54) is 0 Å². The van der Waals surface area contributed by atoms with E-state index in [9.17, 15) is 9.90 Å². The van der Waals surface area contributed by atoms with Crippen LogP contribution in [0.25, 0.3) is 0 Å². The number of benzene rings is 2. The SMILES string of the molecule is CCCCCN1C(=O)C(c2ccc(OC)cc2O)c2ccccc21. The Labute approximate surface area is 142 Å². The molecule has 1 amide bonds. The van der Waals surface area contributed by atoms with Crippen molar-refractivity contribution in [2.75, 3.05) is 18.6 Å². The van der Waals surface area contributed by atoms with Gasteiger partial charge >= 0.3 is 0 Å². The summed E-state index contributed by atoms with van der Waals surface area (Å²) in [5.41, 5.74) is 2.55. The third-order valence-corrected chi connectivity index (χ3v) is 4.59. The molecule has 1 unspecified atom stereocenters. The maximum atomic E-state index is 13.0. The summed E-state index contributed by atoms with van der Waals surface area (Å²) in [5, 5.41) is 10.4. The van der Waals surface area contributed by atoms with E-state index >= 15 is 0 Å². The summed E-state index contributed by atoms with van der Waals surface area (Å²) >= 11 is 0. The zero-order valence-corrected chi connectivity index (χ0v) is 14.2. The first-order valence-corrected chi connectivity index (χ1v) is 8.44. The Balaban J connectivity index is 1.98. The predicted octanol–water partition coefficient (Wildman–Crippen LogP) is 4.07. The quantitative estimate of drug-likeness (QED) is 0.815. The van der Waals surface area contributed by atoms with Gasteiger partial charge in [0.1, 0.15) is 11.5 Å². The van der Waals surface area contributed by atoms with Gasteiger partial charge in [-0.1, -0.05) is 44.0 Å². The molecule has 2 aromatic rings. The van der Waals surface area contributed by atoms with Crippen molar-refractivity contribution in [3.8, 4) is 11.5 Å². The smallest absolute Gasteiger partial charge is 0.239 e. The highest BCUT2D eigenvalue weighted by Crippen LogP contribution is 2.44. The zero-order chi connectivity index (χ0) is 17.1. The van der Waals surface area contributed by atoms with Gasteiger partial charge in [0.15, 0.2) is 0 Å². The number of methoxy groups -OCH3 is 1. The van der Waals surface area contributed by atoms with E-state index in [2.05, 4.69) is 6.92 Å². The van der Waals surface area contributed by atoms with Crippen molar-refractivity contribution in [1.29, 1.82) is 0 Å². The second-order valence-electron chi connectivity index (χ2n) is 6.11. The number of phenols is 1. The number of unbranched alkanes of at least 4 members (excludes halogenated alkanes) is 2. The monoisotopic (exact) mass is 325 g/mol. The van der Waals surface area contributed by atoms with Gasteiger partial charge in [0.2, 0.25) is 5.91 Å². The fraction of sp³-hybridized carbons (Fsp3) is 0.350. The van der Waals surface area contributed by atoms with Crippen LogP contribution in [0.1, 0.15) is 43.2 Å². The van der Waals surface area contributed by atoms with Gasteiger partial charge in [-0.25, -0.2) is 0 Å². The minimum Gasteiger partial charge on any atom is -0.507 e. The van der Waals surface area contributed by atoms with Crippen molar-refractivity contribution < 1.29 is 14.6 Å². The van der Waals surface area contributed by atoms with Crippen LogP contribution in [0.4, 0.5) is 5.69 Å². The van der Waals surface area contributed by atoms with E-state index in [4.69, 9.17) is 4.74 Å². The first kappa shape index (κ1) is 16.4. The molecule has 4 heteroatoms. The van der Waals surface area contributed by atoms with E-state index in [-0.39, 0.29) is 11.7 Å². The molecule has 24 heavy (non-hydrogen) atoms. The van der Waals surface area contributed by atoms with E-state index in [0.29, 0.717) is 11.3 Å². The lowest BCUT2D eigenvalue weighted by Crippen LogP contribution is -2.30. The predicted molar refractivity (Wildman–Crippen MR) is 94.8 cm³/mol. The molecule has 0 aromatic heterocycles. The van der Waals surface area contributed by atoms with Crippen molar-refractivity contribution in [3.05, 3.63) is 53.6 Å². The lowest BCUT2D eigenvalue weighted by molar-refractivity contribution is -0.118. The molecule has 1 atom stereocenters. The first-order valence-electron chi connectivity index (χ1n) is 8.44. The van der Waals surface area contributed by atoms with Crippen molar-refractivity contribution in [2.24, 2.45) is 0 Å². The van der Waals surface area contributed by atoms with Gasteiger partial charge in [-0.2, -0.15) is 0 Å². The molecule has 126 valence electrons. The molecule has 1 aliphatic rings. The summed E-state index contributed by atoms with van der Waals surface area (Å²) in [5.74, 6) is 0.259. The molecule has 3 rings (SSSR count). The van der Waals surface area contributed by atoms with Crippen LogP contribution >= 0.6 is 0 Å². The van der Waals surface area contributed by atoms with Gasteiger partial charge < -0.3 is 14.7 Å². The number of para-hydroxylation sites is 1. The van der Waals surface area contributed by atoms with Crippen LogP contribution in [0.5, 0.6) is 11.5 Å². The number of aromatic hydroxyl groups is 1. The Kier molecular flexibility index (Phi) is 4.74. The number of rotatable bonds is 6. The highest BCUT2D eigenvalue weighted by atomic mass is 16.5. The Morgan fingerprint density at radius 3 is 2.62 bits per heavy atom. The van der Waals surface area contributed by atoms with Crippen LogP contribution in [-0.4, -0.2) is 24.7 Å². The molecule has 1 N–H and O–H groups in total. The van der Waals surface area contributed by atoms with Gasteiger partial charge in [-0.15, -0.1) is 0 Å². The molecule has 0 saturated heterocycles. The molecule has 0 aliphatic carbocycles. The van der Waals surface area contributed by atoms with Crippen LogP contribution in [0.15, 0.2) is 42.5 Å². The van der Waals surface area contributed by atoms with Gasteiger partial charge in [-0.3, -0.25) is 4.79 Å². The molecule has 0 saturated carbocycles. The molecule has 0 fully saturated rings. The summed E-state index contributed by atoms with van der Waals surface area (Å²) < 4.78 is 5.14. The number of hydrogen-bond acceptors (Lipinski definition) is 3. The molecule has 0 radical (unpaired) electrons. The Bertz CT molecular complexity index is 741. The summed E-state index contributed by atoms with van der Waals surface area (Å²) in [7, 11) is 1.56. The van der Waals surface area contributed by atoms with Crippen LogP contribution in [0, 0.1) is 0 Å². The molecule has 0 spiro atoms. The number of amides is 1. The molecule has 4 nitrogen and oxygen atoms in total. The number of hydrogen-bond donors (Lipinski definition) is 1. The third-order valence-electron chi connectivity index (χ3n) is 4.59. The number of phenolic OH excluding ortho intramolecular Hbond substituents is 1. The topological polar surface area (TPSA) is 49.8 Å². The van der Waals surface area contributed by atoms with Crippen molar-refractivity contribution in [2.45, 2.75) is 32.1 Å². The number of fused-ring (bicyclic) bond motifs is 1. The second-order valence-corrected chi connectivity index (χ2v) is 6.11. The minimum absolute atomic E-state index is 0.0350. The van der Waals surface area contributed by atoms with E-state index in [1.54, 1.807) is 25.3 Å². The first-order chi connectivity index (χ1) is 11.7. The lowest BCUT2D eigenvalue weighted by atomic mass is 9.92. The zero-order valence-electron chi connectivity index (χ0n) is 14.2. The van der Waals surface area contributed by atoms with Gasteiger partial charge in [0.25, 0.3) is 0 Å². The van der Waals surface area contributed by atoms with Gasteiger partial charge in [-0.05, 0) is 24.1 Å². The molecular formula is C20H23NO3. The average molecular weight is 325 g/mol. The fourth-order valence-corrected chi connectivity index (χ4v) is 3.33. The fourth-order valence-electron chi connectivity index (χ4n) is 3.33. The van der Waals surface area contributed by atoms with Gasteiger partial charge in [0, 0.05) is 23.9 Å². The van der Waals surface area contributed by atoms with Crippen LogP contribution < -0.4 is 9.64 Å². The van der Waals surface area contributed by atoms with Crippen LogP contribution in [0.2, 0.25) is 0 Å². The Hall–Kier alpha value is -2.49. The van der Waals surface area contributed by atoms with Crippen molar-refractivity contribution in [3.63, 3.8) is 0 Å². The van der Waals surface area contributed by atoms with Crippen LogP contribution in [0.3, 0.4) is 0 Å². The van der Waals surface area contributed by atoms with Crippen molar-refractivity contribution in [1.82, 2.24) is 0 Å². The van der Waals surface area contributed by atoms with Gasteiger partial charge in [0.05, 0.1) is 13.0 Å². The van der Waals surface area contributed by atoms with E-state index < -0.39 is 5.92 Å². The molecule has 2 aromatic carbocycles. The average Bonchev–Trinajstić information content (AvgIpc) is 2.87. The maximum Gasteiger partial charge on any atom is 0.239 e. The molecule has 0 bridgehead atoms. The van der Waals surface area contributed by atoms with E-state index in [1.807, 2.05) is 29.2 Å². The standard InChI is InChI=1S/C20H23NO3/c1-3-4-7-12-21-17-9-6-5-8-15(17)19(20(21)23)16-11-10-14(24-2)13-18(16)22/h5-6,8-11,13,19,22H,3-4,7,12H2,1-2H3. The summed E-state index contributed by atoms with van der Waals surface area (Å²) in [6.07, 6.45) is 3.20. The normalized spacial score (nSPS) is 16.3. The highest BCUT2D eigenvalue weighted by molar-refractivity contribution is 6.07. The van der Waals surface area contributed by atoms with Crippen molar-refractivity contribution >= 4 is 11.6 Å². The third kappa shape index (κ3) is 2.84. The Morgan fingerprint density at radius 2 is 1.92 bits per heavy atom. The number of anilines is 1.